The van der Waals surface area contributed by atoms with Crippen LogP contribution in [-0.2, 0) is 44.3 Å². The van der Waals surface area contributed by atoms with Gasteiger partial charge in [0.25, 0.3) is 0 Å². The van der Waals surface area contributed by atoms with Crippen LogP contribution in [0.3, 0.4) is 0 Å². The lowest BCUT2D eigenvalue weighted by atomic mass is 10.2. The molecule has 0 saturated carbocycles. The van der Waals surface area contributed by atoms with Crippen LogP contribution >= 0.6 is 0 Å². The number of azide groups is 1. The van der Waals surface area contributed by atoms with Crippen molar-refractivity contribution in [3.63, 3.8) is 0 Å². The van der Waals surface area contributed by atoms with E-state index < -0.39 is 5.72 Å². The Balaban J connectivity index is 3.70. The van der Waals surface area contributed by atoms with Crippen molar-refractivity contribution in [1.29, 1.82) is 0 Å². The minimum absolute atomic E-state index is 0.00719. The largest absolute Gasteiger partial charge is 0.379 e. The molecule has 2 unspecified atom stereocenters. The third-order valence-electron chi connectivity index (χ3n) is 3.54. The van der Waals surface area contributed by atoms with Crippen LogP contribution in [0.2, 0.25) is 0 Å². The van der Waals surface area contributed by atoms with Gasteiger partial charge >= 0.3 is 0 Å². The molecule has 166 valence electrons. The average molecular weight is 441 g/mol. The smallest absolute Gasteiger partial charge is 0.146 e. The van der Waals surface area contributed by atoms with E-state index in [9.17, 15) is 0 Å². The number of hydrogen-bond acceptors (Lipinski definition) is 8. The van der Waals surface area contributed by atoms with Gasteiger partial charge in [-0.3, -0.25) is 0 Å². The highest BCUT2D eigenvalue weighted by molar-refractivity contribution is 8.28. The zero-order valence-corrected chi connectivity index (χ0v) is 19.0. The maximum atomic E-state index is 8.76. The van der Waals surface area contributed by atoms with Gasteiger partial charge in [-0.15, -0.1) is 9.45 Å². The highest BCUT2D eigenvalue weighted by Crippen LogP contribution is 2.17. The first-order chi connectivity index (χ1) is 13.5. The van der Waals surface area contributed by atoms with Crippen LogP contribution in [0.1, 0.15) is 20.3 Å². The van der Waals surface area contributed by atoms with Crippen LogP contribution in [0.4, 0.5) is 0 Å². The minimum atomic E-state index is -0.957. The van der Waals surface area contributed by atoms with Crippen LogP contribution in [-0.4, -0.2) is 90.3 Å². The third-order valence-corrected chi connectivity index (χ3v) is 4.78. The van der Waals surface area contributed by atoms with Crippen LogP contribution in [0.25, 0.3) is 10.4 Å². The van der Waals surface area contributed by atoms with Crippen LogP contribution < -0.4 is 5.32 Å². The molecular weight excluding hydrogens is 404 g/mol. The first-order valence-corrected chi connectivity index (χ1v) is 12.3. The molecule has 0 bridgehead atoms. The summed E-state index contributed by atoms with van der Waals surface area (Å²) < 4.78 is 27.5. The van der Waals surface area contributed by atoms with Gasteiger partial charge in [-0.1, -0.05) is 23.2 Å². The van der Waals surface area contributed by atoms with E-state index in [0.29, 0.717) is 65.9 Å². The molecule has 2 atom stereocenters. The minimum Gasteiger partial charge on any atom is -0.379 e. The number of ether oxygens (including phenoxy) is 5. The second-order valence-corrected chi connectivity index (χ2v) is 9.31. The van der Waals surface area contributed by atoms with E-state index in [2.05, 4.69) is 22.3 Å². The Bertz CT molecular complexity index is 442. The van der Waals surface area contributed by atoms with Gasteiger partial charge in [0.05, 0.1) is 52.9 Å². The van der Waals surface area contributed by atoms with Gasteiger partial charge in [0.1, 0.15) is 5.72 Å². The van der Waals surface area contributed by atoms with Gasteiger partial charge in [0, 0.05) is 30.2 Å². The van der Waals surface area contributed by atoms with E-state index in [1.54, 1.807) is 6.92 Å². The lowest BCUT2D eigenvalue weighted by Gasteiger charge is -2.24. The van der Waals surface area contributed by atoms with Crippen molar-refractivity contribution in [2.75, 3.05) is 84.6 Å². The molecule has 9 nitrogen and oxygen atoms in total. The summed E-state index contributed by atoms with van der Waals surface area (Å²) in [5.41, 5.74) is 7.81. The summed E-state index contributed by atoms with van der Waals surface area (Å²) in [7, 11) is -0.00719. The molecule has 0 aromatic rings. The zero-order chi connectivity index (χ0) is 20.9. The molecule has 0 aromatic heterocycles. The predicted octanol–water partition coefficient (Wildman–Crippen LogP) is 1.81. The van der Waals surface area contributed by atoms with E-state index in [0.717, 1.165) is 18.8 Å². The highest BCUT2D eigenvalue weighted by Gasteiger charge is 2.23. The molecule has 0 saturated heterocycles. The van der Waals surface area contributed by atoms with E-state index in [1.165, 1.54) is 0 Å². The summed E-state index contributed by atoms with van der Waals surface area (Å²) in [6, 6.07) is 0. The molecule has 0 aliphatic carbocycles. The summed E-state index contributed by atoms with van der Waals surface area (Å²) in [6.07, 6.45) is 2.47. The molecule has 0 heterocycles. The lowest BCUT2D eigenvalue weighted by Crippen LogP contribution is -2.29. The number of nitrogens with zero attached hydrogens (tertiary/aromatic N) is 3. The topological polar surface area (TPSA) is 107 Å². The normalized spacial score (nSPS) is 14.4. The number of nitrogens with one attached hydrogen (secondary N) is 1. The molecule has 11 heteroatoms. The number of likely N-dealkylation sites (N-methyl/N-ethyl adjacent to an activating group) is 1. The first-order valence-electron chi connectivity index (χ1n) is 9.56. The van der Waals surface area contributed by atoms with E-state index in [-0.39, 0.29) is 9.45 Å². The summed E-state index contributed by atoms with van der Waals surface area (Å²) in [6.45, 7) is 10.1. The molecule has 0 spiro atoms. The van der Waals surface area contributed by atoms with Gasteiger partial charge in [-0.2, -0.15) is 0 Å². The molecular formula is C17H36N4O5S2. The molecule has 0 rings (SSSR count). The van der Waals surface area contributed by atoms with E-state index in [4.69, 9.17) is 40.4 Å². The summed E-state index contributed by atoms with van der Waals surface area (Å²) in [5, 5.41) is 6.93. The summed E-state index contributed by atoms with van der Waals surface area (Å²) >= 11 is 5.09. The maximum absolute atomic E-state index is 8.76. The fourth-order valence-electron chi connectivity index (χ4n) is 1.97. The Morgan fingerprint density at radius 3 is 2.14 bits per heavy atom. The Morgan fingerprint density at radius 1 is 0.964 bits per heavy atom. The fourth-order valence-corrected chi connectivity index (χ4v) is 2.53. The second-order valence-electron chi connectivity index (χ2n) is 6.04. The Kier molecular flexibility index (Phi) is 19.7. The fraction of sp³-hybridized carbons (Fsp3) is 1.00. The predicted molar refractivity (Wildman–Crippen MR) is 115 cm³/mol. The standard InChI is InChI=1S/C17H36N4O5S2/c1-4-19-6-8-23-10-9-22-7-5-17(2,20-21-18)26-14-13-24-11-12-25-15-16-28(3)27/h19H,4-16H2,1-3H3. The van der Waals surface area contributed by atoms with Gasteiger partial charge in [-0.05, 0) is 25.3 Å². The summed E-state index contributed by atoms with van der Waals surface area (Å²) in [5.74, 6) is 0.896. The zero-order valence-electron chi connectivity index (χ0n) is 17.4. The Morgan fingerprint density at radius 2 is 1.54 bits per heavy atom. The number of hydrogen-bond donors (Lipinski definition) is 1. The molecule has 1 N–H and O–H groups in total. The van der Waals surface area contributed by atoms with Crippen molar-refractivity contribution >= 4 is 20.6 Å². The average Bonchev–Trinajstić information content (AvgIpc) is 2.65. The molecule has 0 aromatic carbocycles. The molecule has 0 fully saturated rings. The van der Waals surface area contributed by atoms with Crippen LogP contribution in [0, 0.1) is 0 Å². The molecule has 0 aliphatic rings. The van der Waals surface area contributed by atoms with Crippen molar-refractivity contribution in [2.24, 2.45) is 5.11 Å². The molecule has 0 amide bonds. The summed E-state index contributed by atoms with van der Waals surface area (Å²) in [4.78, 5) is 2.87. The molecule has 0 radical (unpaired) electrons. The maximum Gasteiger partial charge on any atom is 0.146 e. The van der Waals surface area contributed by atoms with Crippen LogP contribution in [0.5, 0.6) is 0 Å². The Labute approximate surface area is 176 Å². The monoisotopic (exact) mass is 440 g/mol. The number of rotatable bonds is 21. The van der Waals surface area contributed by atoms with Crippen molar-refractivity contribution < 1.29 is 23.7 Å². The quantitative estimate of drug-likeness (QED) is 0.125. The van der Waals surface area contributed by atoms with Crippen molar-refractivity contribution in [3.05, 3.63) is 10.4 Å². The third kappa shape index (κ3) is 19.0. The van der Waals surface area contributed by atoms with Crippen molar-refractivity contribution in [3.8, 4) is 0 Å². The highest BCUT2D eigenvalue weighted by atomic mass is 32.8. The van der Waals surface area contributed by atoms with Gasteiger partial charge in [-0.25, -0.2) is 0 Å². The van der Waals surface area contributed by atoms with Crippen molar-refractivity contribution in [1.82, 2.24) is 5.32 Å². The van der Waals surface area contributed by atoms with Gasteiger partial charge < -0.3 is 29.0 Å². The van der Waals surface area contributed by atoms with Crippen LogP contribution in [0.15, 0.2) is 5.11 Å². The molecule has 0 aliphatic heterocycles. The lowest BCUT2D eigenvalue weighted by molar-refractivity contribution is -0.0743. The van der Waals surface area contributed by atoms with Crippen molar-refractivity contribution in [2.45, 2.75) is 26.0 Å². The Hall–Kier alpha value is -0.360. The first kappa shape index (κ1) is 27.6. The van der Waals surface area contributed by atoms with Gasteiger partial charge in [0.15, 0.2) is 0 Å². The van der Waals surface area contributed by atoms with Gasteiger partial charge in [0.2, 0.25) is 0 Å². The van der Waals surface area contributed by atoms with E-state index >= 15 is 0 Å². The second kappa shape index (κ2) is 19.9. The SMILES string of the molecule is CCNCCOCCOCCC(C)(N=[N+]=[N-])OCCOCCOCCS(C)=S. The molecule has 28 heavy (non-hydrogen) atoms. The van der Waals surface area contributed by atoms with E-state index in [1.807, 2.05) is 6.26 Å².